The summed E-state index contributed by atoms with van der Waals surface area (Å²) < 4.78 is 11.2. The van der Waals surface area contributed by atoms with Gasteiger partial charge in [-0.3, -0.25) is 9.59 Å². The second-order valence-corrected chi connectivity index (χ2v) is 9.55. The van der Waals surface area contributed by atoms with Gasteiger partial charge >= 0.3 is 11.8 Å². The predicted molar refractivity (Wildman–Crippen MR) is 139 cm³/mol. The maximum Gasteiger partial charge on any atom is 0.329 e. The molecule has 2 N–H and O–H groups in total. The number of fused-ring (bicyclic) bond motifs is 1. The molecule has 0 radical (unpaired) electrons. The Kier molecular flexibility index (Phi) is 8.21. The third-order valence-electron chi connectivity index (χ3n) is 5.59. The molecule has 10 heteroatoms. The normalized spacial score (nSPS) is 12.5. The van der Waals surface area contributed by atoms with E-state index in [0.29, 0.717) is 39.3 Å². The number of nitriles is 1. The molecule has 4 rings (SSSR count). The van der Waals surface area contributed by atoms with Gasteiger partial charge in [-0.15, -0.1) is 11.3 Å². The molecule has 2 aromatic carbocycles. The molecule has 0 bridgehead atoms. The highest BCUT2D eigenvalue weighted by Gasteiger charge is 2.23. The molecular formula is C26H23ClN4O4S. The lowest BCUT2D eigenvalue weighted by Gasteiger charge is -2.11. The molecule has 0 saturated heterocycles. The fourth-order valence-electron chi connectivity index (χ4n) is 3.77. The van der Waals surface area contributed by atoms with Gasteiger partial charge in [0.25, 0.3) is 0 Å². The summed E-state index contributed by atoms with van der Waals surface area (Å²) in [5, 5.41) is 17.0. The Bertz CT molecular complexity index is 1350. The fourth-order valence-corrected chi connectivity index (χ4v) is 5.13. The van der Waals surface area contributed by atoms with Crippen LogP contribution in [0.25, 0.3) is 0 Å². The molecule has 36 heavy (non-hydrogen) atoms. The minimum Gasteiger partial charge on any atom is -0.493 e. The summed E-state index contributed by atoms with van der Waals surface area (Å²) in [6, 6.07) is 14.7. The lowest BCUT2D eigenvalue weighted by molar-refractivity contribution is -0.136. The Balaban J connectivity index is 1.34. The van der Waals surface area contributed by atoms with Crippen molar-refractivity contribution in [2.75, 3.05) is 12.4 Å². The first kappa shape index (κ1) is 25.2. The lowest BCUT2D eigenvalue weighted by atomic mass is 9.96. The number of amides is 2. The summed E-state index contributed by atoms with van der Waals surface area (Å²) >= 11 is 7.26. The first-order valence-electron chi connectivity index (χ1n) is 11.2. The summed E-state index contributed by atoms with van der Waals surface area (Å²) in [6.45, 7) is 0.340. The molecular weight excluding hydrogens is 500 g/mol. The van der Waals surface area contributed by atoms with Crippen LogP contribution in [0.4, 0.5) is 5.00 Å². The standard InChI is InChI=1S/C26H23ClN4O4S/c1-34-22-12-17(8-11-21(22)35-15-16-6-9-18(27)10-7-16)14-29-31-25(33)24(32)30-26-20(13-28)19-4-2-3-5-23(19)36-26/h6-12,14H,2-5,15H2,1H3,(H,30,32)(H,31,33)/b29-14-. The van der Waals surface area contributed by atoms with Crippen molar-refractivity contribution < 1.29 is 19.1 Å². The van der Waals surface area contributed by atoms with E-state index in [1.54, 1.807) is 30.3 Å². The Labute approximate surface area is 217 Å². The molecule has 0 aliphatic heterocycles. The number of carbonyl (C=O) groups is 2. The van der Waals surface area contributed by atoms with Crippen molar-refractivity contribution in [3.8, 4) is 17.6 Å². The molecule has 3 aromatic rings. The zero-order chi connectivity index (χ0) is 25.5. The van der Waals surface area contributed by atoms with Gasteiger partial charge in [-0.1, -0.05) is 23.7 Å². The maximum atomic E-state index is 12.3. The number of aryl methyl sites for hydroxylation is 1. The van der Waals surface area contributed by atoms with Gasteiger partial charge in [-0.2, -0.15) is 10.4 Å². The number of rotatable bonds is 7. The van der Waals surface area contributed by atoms with Gasteiger partial charge in [0.2, 0.25) is 0 Å². The average Bonchev–Trinajstić information content (AvgIpc) is 3.25. The summed E-state index contributed by atoms with van der Waals surface area (Å²) in [4.78, 5) is 25.7. The van der Waals surface area contributed by atoms with Crippen molar-refractivity contribution in [1.82, 2.24) is 5.43 Å². The van der Waals surface area contributed by atoms with Crippen LogP contribution in [-0.4, -0.2) is 25.1 Å². The minimum absolute atomic E-state index is 0.340. The molecule has 1 aliphatic rings. The van der Waals surface area contributed by atoms with Crippen LogP contribution in [0.1, 0.15) is 40.0 Å². The Hall–Kier alpha value is -3.87. The van der Waals surface area contributed by atoms with Gasteiger partial charge in [0.05, 0.1) is 18.9 Å². The van der Waals surface area contributed by atoms with Crippen LogP contribution >= 0.6 is 22.9 Å². The van der Waals surface area contributed by atoms with E-state index in [1.165, 1.54) is 24.7 Å². The first-order chi connectivity index (χ1) is 17.5. The number of hydrogen-bond acceptors (Lipinski definition) is 7. The molecule has 0 saturated carbocycles. The number of nitrogens with one attached hydrogen (secondary N) is 2. The predicted octanol–water partition coefficient (Wildman–Crippen LogP) is 4.83. The van der Waals surface area contributed by atoms with Crippen molar-refractivity contribution in [2.24, 2.45) is 5.10 Å². The maximum absolute atomic E-state index is 12.3. The first-order valence-corrected chi connectivity index (χ1v) is 12.4. The highest BCUT2D eigenvalue weighted by molar-refractivity contribution is 7.16. The number of carbonyl (C=O) groups excluding carboxylic acids is 2. The zero-order valence-corrected chi connectivity index (χ0v) is 21.0. The van der Waals surface area contributed by atoms with E-state index in [0.717, 1.165) is 41.7 Å². The number of ether oxygens (including phenoxy) is 2. The molecule has 184 valence electrons. The average molecular weight is 523 g/mol. The molecule has 0 spiro atoms. The number of benzene rings is 2. The van der Waals surface area contributed by atoms with Crippen molar-refractivity contribution in [1.29, 1.82) is 5.26 Å². The van der Waals surface area contributed by atoms with E-state index in [-0.39, 0.29) is 0 Å². The van der Waals surface area contributed by atoms with Crippen LogP contribution in [0.2, 0.25) is 5.02 Å². The van der Waals surface area contributed by atoms with Crippen LogP contribution in [0.15, 0.2) is 47.6 Å². The van der Waals surface area contributed by atoms with Crippen LogP contribution < -0.4 is 20.2 Å². The second kappa shape index (κ2) is 11.7. The molecule has 1 aromatic heterocycles. The van der Waals surface area contributed by atoms with Gasteiger partial charge in [0.15, 0.2) is 11.5 Å². The van der Waals surface area contributed by atoms with Crippen molar-refractivity contribution in [2.45, 2.75) is 32.3 Å². The fraction of sp³-hybridized carbons (Fsp3) is 0.231. The lowest BCUT2D eigenvalue weighted by Crippen LogP contribution is -2.32. The van der Waals surface area contributed by atoms with Crippen LogP contribution in [0.5, 0.6) is 11.5 Å². The summed E-state index contributed by atoms with van der Waals surface area (Å²) in [6.07, 6.45) is 5.16. The summed E-state index contributed by atoms with van der Waals surface area (Å²) in [7, 11) is 1.52. The number of hydrogen-bond donors (Lipinski definition) is 2. The summed E-state index contributed by atoms with van der Waals surface area (Å²) in [5.41, 5.74) is 5.23. The number of hydrazone groups is 1. The van der Waals surface area contributed by atoms with E-state index < -0.39 is 11.8 Å². The van der Waals surface area contributed by atoms with Crippen molar-refractivity contribution >= 4 is 46.0 Å². The topological polar surface area (TPSA) is 113 Å². The third-order valence-corrected chi connectivity index (χ3v) is 7.05. The van der Waals surface area contributed by atoms with Crippen LogP contribution in [0, 0.1) is 11.3 Å². The smallest absolute Gasteiger partial charge is 0.329 e. The van der Waals surface area contributed by atoms with Crippen LogP contribution in [-0.2, 0) is 29.0 Å². The van der Waals surface area contributed by atoms with E-state index in [4.69, 9.17) is 21.1 Å². The van der Waals surface area contributed by atoms with Crippen molar-refractivity contribution in [3.05, 3.63) is 74.6 Å². The van der Waals surface area contributed by atoms with E-state index in [1.807, 2.05) is 12.1 Å². The Morgan fingerprint density at radius 3 is 2.67 bits per heavy atom. The molecule has 0 unspecified atom stereocenters. The quantitative estimate of drug-likeness (QED) is 0.262. The monoisotopic (exact) mass is 522 g/mol. The molecule has 8 nitrogen and oxygen atoms in total. The number of halogens is 1. The zero-order valence-electron chi connectivity index (χ0n) is 19.5. The van der Waals surface area contributed by atoms with E-state index in [9.17, 15) is 14.9 Å². The Morgan fingerprint density at radius 2 is 1.92 bits per heavy atom. The number of thiophene rings is 1. The van der Waals surface area contributed by atoms with E-state index in [2.05, 4.69) is 21.9 Å². The van der Waals surface area contributed by atoms with Gasteiger partial charge in [-0.25, -0.2) is 5.43 Å². The second-order valence-electron chi connectivity index (χ2n) is 8.01. The molecule has 2 amide bonds. The summed E-state index contributed by atoms with van der Waals surface area (Å²) in [5.74, 6) is -0.787. The third kappa shape index (κ3) is 6.03. The van der Waals surface area contributed by atoms with Gasteiger partial charge in [0, 0.05) is 9.90 Å². The Morgan fingerprint density at radius 1 is 1.14 bits per heavy atom. The number of methoxy groups -OCH3 is 1. The van der Waals surface area contributed by atoms with Gasteiger partial charge < -0.3 is 14.8 Å². The minimum atomic E-state index is -0.934. The molecule has 1 aliphatic carbocycles. The van der Waals surface area contributed by atoms with Crippen molar-refractivity contribution in [3.63, 3.8) is 0 Å². The van der Waals surface area contributed by atoms with Gasteiger partial charge in [-0.05, 0) is 72.7 Å². The SMILES string of the molecule is COc1cc(/C=N\NC(=O)C(=O)Nc2sc3c(c2C#N)CCCC3)ccc1OCc1ccc(Cl)cc1. The molecule has 0 fully saturated rings. The largest absolute Gasteiger partial charge is 0.493 e. The number of nitrogens with zero attached hydrogens (tertiary/aromatic N) is 2. The van der Waals surface area contributed by atoms with E-state index >= 15 is 0 Å². The van der Waals surface area contributed by atoms with Crippen LogP contribution in [0.3, 0.4) is 0 Å². The molecule has 0 atom stereocenters. The number of anilines is 1. The highest BCUT2D eigenvalue weighted by atomic mass is 35.5. The molecule has 1 heterocycles. The van der Waals surface area contributed by atoms with Gasteiger partial charge in [0.1, 0.15) is 17.7 Å². The highest BCUT2D eigenvalue weighted by Crippen LogP contribution is 2.37.